The van der Waals surface area contributed by atoms with Crippen LogP contribution in [0.3, 0.4) is 0 Å². The molecule has 10 heteroatoms. The topological polar surface area (TPSA) is 96.9 Å². The van der Waals surface area contributed by atoms with E-state index in [0.717, 1.165) is 0 Å². The van der Waals surface area contributed by atoms with E-state index >= 15 is 0 Å². The third-order valence-corrected chi connectivity index (χ3v) is 4.71. The Kier molecular flexibility index (Phi) is 7.83. The Balaban J connectivity index is 1.57. The van der Waals surface area contributed by atoms with Crippen molar-refractivity contribution in [3.8, 4) is 5.75 Å². The van der Waals surface area contributed by atoms with E-state index in [1.807, 2.05) is 0 Å². The summed E-state index contributed by atoms with van der Waals surface area (Å²) in [5, 5.41) is 7.21. The number of carbonyl (C=O) groups excluding carboxylic acids is 3. The summed E-state index contributed by atoms with van der Waals surface area (Å²) < 4.78 is 5.31. The van der Waals surface area contributed by atoms with Crippen LogP contribution in [-0.2, 0) is 9.59 Å². The molecule has 162 valence electrons. The average molecular weight is 491 g/mol. The van der Waals surface area contributed by atoms with Crippen molar-refractivity contribution in [2.75, 3.05) is 5.32 Å². The van der Waals surface area contributed by atoms with Crippen molar-refractivity contribution in [1.29, 1.82) is 0 Å². The molecule has 0 radical (unpaired) electrons. The van der Waals surface area contributed by atoms with Gasteiger partial charge in [0.05, 0.1) is 16.8 Å². The molecule has 3 rings (SSSR count). The molecule has 3 aromatic carbocycles. The molecule has 0 spiro atoms. The second-order valence-corrected chi connectivity index (χ2v) is 7.53. The van der Waals surface area contributed by atoms with E-state index < -0.39 is 17.8 Å². The van der Waals surface area contributed by atoms with E-state index in [2.05, 4.69) is 15.8 Å². The number of nitrogens with one attached hydrogen (secondary N) is 2. The monoisotopic (exact) mass is 489 g/mol. The molecule has 0 bridgehead atoms. The molecule has 0 aromatic heterocycles. The van der Waals surface area contributed by atoms with Crippen molar-refractivity contribution in [2.24, 2.45) is 5.10 Å². The maximum Gasteiger partial charge on any atom is 0.345 e. The fraction of sp³-hybridized carbons (Fsp3) is 0. The Morgan fingerprint density at radius 3 is 2.28 bits per heavy atom. The van der Waals surface area contributed by atoms with E-state index in [1.54, 1.807) is 42.5 Å². The molecule has 0 aliphatic carbocycles. The fourth-order valence-corrected chi connectivity index (χ4v) is 3.02. The number of anilines is 1. The molecule has 32 heavy (non-hydrogen) atoms. The number of amides is 2. The van der Waals surface area contributed by atoms with Crippen molar-refractivity contribution in [3.63, 3.8) is 0 Å². The van der Waals surface area contributed by atoms with Gasteiger partial charge in [-0.3, -0.25) is 9.59 Å². The van der Waals surface area contributed by atoms with Crippen LogP contribution in [0, 0.1) is 0 Å². The van der Waals surface area contributed by atoms with Gasteiger partial charge in [0.25, 0.3) is 0 Å². The number of ether oxygens (including phenoxy) is 1. The van der Waals surface area contributed by atoms with E-state index in [9.17, 15) is 14.4 Å². The first-order valence-corrected chi connectivity index (χ1v) is 10.1. The third kappa shape index (κ3) is 6.55. The molecular weight excluding hydrogens is 477 g/mol. The molecule has 0 saturated heterocycles. The van der Waals surface area contributed by atoms with Crippen LogP contribution in [0.4, 0.5) is 5.69 Å². The van der Waals surface area contributed by atoms with Crippen LogP contribution < -0.4 is 15.5 Å². The minimum absolute atomic E-state index is 0.161. The van der Waals surface area contributed by atoms with Gasteiger partial charge in [-0.25, -0.2) is 10.2 Å². The van der Waals surface area contributed by atoms with Crippen LogP contribution in [0.5, 0.6) is 5.75 Å². The number of hydrogen-bond donors (Lipinski definition) is 2. The molecule has 0 heterocycles. The highest BCUT2D eigenvalue weighted by molar-refractivity contribution is 6.39. The van der Waals surface area contributed by atoms with Gasteiger partial charge in [-0.2, -0.15) is 5.10 Å². The predicted octanol–water partition coefficient (Wildman–Crippen LogP) is 4.95. The SMILES string of the molecule is O=C(N/N=C/c1cccc(OC(=O)c2ccc(Cl)cc2Cl)c1)C(=O)Nc1ccc(Cl)cc1. The van der Waals surface area contributed by atoms with E-state index in [1.165, 1.54) is 30.5 Å². The molecule has 2 amide bonds. The summed E-state index contributed by atoms with van der Waals surface area (Å²) in [7, 11) is 0. The average Bonchev–Trinajstić information content (AvgIpc) is 2.75. The van der Waals surface area contributed by atoms with Crippen LogP contribution in [0.15, 0.2) is 71.8 Å². The zero-order chi connectivity index (χ0) is 23.1. The molecular formula is C22H14Cl3N3O4. The molecule has 0 aliphatic rings. The Hall–Kier alpha value is -3.39. The number of nitrogens with zero attached hydrogens (tertiary/aromatic N) is 1. The number of hydrogen-bond acceptors (Lipinski definition) is 5. The lowest BCUT2D eigenvalue weighted by molar-refractivity contribution is -0.136. The summed E-state index contributed by atoms with van der Waals surface area (Å²) in [6, 6.07) is 17.1. The summed E-state index contributed by atoms with van der Waals surface area (Å²) >= 11 is 17.6. The lowest BCUT2D eigenvalue weighted by Gasteiger charge is -2.07. The first-order valence-electron chi connectivity index (χ1n) is 8.99. The van der Waals surface area contributed by atoms with Gasteiger partial charge < -0.3 is 10.1 Å². The van der Waals surface area contributed by atoms with E-state index in [0.29, 0.717) is 21.3 Å². The molecule has 3 aromatic rings. The Morgan fingerprint density at radius 2 is 1.56 bits per heavy atom. The zero-order valence-corrected chi connectivity index (χ0v) is 18.4. The van der Waals surface area contributed by atoms with Crippen molar-refractivity contribution in [2.45, 2.75) is 0 Å². The Bertz CT molecular complexity index is 1200. The predicted molar refractivity (Wildman–Crippen MR) is 124 cm³/mol. The number of benzene rings is 3. The van der Waals surface area contributed by atoms with Gasteiger partial charge in [0.1, 0.15) is 5.75 Å². The largest absolute Gasteiger partial charge is 0.423 e. The van der Waals surface area contributed by atoms with Crippen molar-refractivity contribution in [1.82, 2.24) is 5.43 Å². The smallest absolute Gasteiger partial charge is 0.345 e. The van der Waals surface area contributed by atoms with E-state index in [4.69, 9.17) is 39.5 Å². The van der Waals surface area contributed by atoms with Crippen LogP contribution >= 0.6 is 34.8 Å². The van der Waals surface area contributed by atoms with Gasteiger partial charge in [-0.15, -0.1) is 0 Å². The lowest BCUT2D eigenvalue weighted by atomic mass is 10.2. The summed E-state index contributed by atoms with van der Waals surface area (Å²) in [6.45, 7) is 0. The molecule has 7 nitrogen and oxygen atoms in total. The van der Waals surface area contributed by atoms with Gasteiger partial charge in [0, 0.05) is 15.7 Å². The van der Waals surface area contributed by atoms with Crippen LogP contribution in [0.1, 0.15) is 15.9 Å². The molecule has 0 unspecified atom stereocenters. The Labute approximate surface area is 197 Å². The molecule has 0 fully saturated rings. The van der Waals surface area contributed by atoms with Crippen LogP contribution in [0.2, 0.25) is 15.1 Å². The lowest BCUT2D eigenvalue weighted by Crippen LogP contribution is -2.32. The van der Waals surface area contributed by atoms with E-state index in [-0.39, 0.29) is 16.3 Å². The maximum atomic E-state index is 12.3. The summed E-state index contributed by atoms with van der Waals surface area (Å²) in [4.78, 5) is 36.1. The molecule has 0 saturated carbocycles. The zero-order valence-electron chi connectivity index (χ0n) is 16.1. The number of esters is 1. The molecule has 0 atom stereocenters. The quantitative estimate of drug-likeness (QED) is 0.174. The first-order chi connectivity index (χ1) is 15.3. The highest BCUT2D eigenvalue weighted by Gasteiger charge is 2.14. The minimum Gasteiger partial charge on any atom is -0.423 e. The van der Waals surface area contributed by atoms with Crippen LogP contribution in [-0.4, -0.2) is 24.0 Å². The number of hydrazone groups is 1. The fourth-order valence-electron chi connectivity index (χ4n) is 2.41. The van der Waals surface area contributed by atoms with Gasteiger partial charge in [0.2, 0.25) is 0 Å². The van der Waals surface area contributed by atoms with Crippen LogP contribution in [0.25, 0.3) is 0 Å². The van der Waals surface area contributed by atoms with Gasteiger partial charge in [0.15, 0.2) is 0 Å². The second-order valence-electron chi connectivity index (χ2n) is 6.25. The summed E-state index contributed by atoms with van der Waals surface area (Å²) in [6.07, 6.45) is 1.29. The normalized spacial score (nSPS) is 10.6. The van der Waals surface area contributed by atoms with Gasteiger partial charge >= 0.3 is 17.8 Å². The number of rotatable bonds is 5. The molecule has 2 N–H and O–H groups in total. The highest BCUT2D eigenvalue weighted by Crippen LogP contribution is 2.23. The maximum absolute atomic E-state index is 12.3. The number of halogens is 3. The number of carbonyl (C=O) groups is 3. The third-order valence-electron chi connectivity index (χ3n) is 3.91. The highest BCUT2D eigenvalue weighted by atomic mass is 35.5. The summed E-state index contributed by atoms with van der Waals surface area (Å²) in [5.74, 6) is -2.28. The van der Waals surface area contributed by atoms with Crippen molar-refractivity contribution < 1.29 is 19.1 Å². The second kappa shape index (κ2) is 10.8. The molecule has 0 aliphatic heterocycles. The van der Waals surface area contributed by atoms with Gasteiger partial charge in [-0.1, -0.05) is 46.9 Å². The first kappa shape index (κ1) is 23.3. The van der Waals surface area contributed by atoms with Crippen molar-refractivity contribution >= 4 is 64.5 Å². The standard InChI is InChI=1S/C22H14Cl3N3O4/c23-14-4-7-16(8-5-14)27-20(29)21(30)28-26-12-13-2-1-3-17(10-13)32-22(31)18-9-6-15(24)11-19(18)25/h1-12H,(H,27,29)(H,28,30)/b26-12+. The summed E-state index contributed by atoms with van der Waals surface area (Å²) in [5.41, 5.74) is 3.20. The minimum atomic E-state index is -0.962. The van der Waals surface area contributed by atoms with Gasteiger partial charge in [-0.05, 0) is 60.2 Å². The Morgan fingerprint density at radius 1 is 0.844 bits per heavy atom. The van der Waals surface area contributed by atoms with Crippen molar-refractivity contribution in [3.05, 3.63) is 92.9 Å².